The number of hydrogen-bond acceptors (Lipinski definition) is 0. The van der Waals surface area contributed by atoms with E-state index in [0.717, 1.165) is 12.8 Å². The first kappa shape index (κ1) is 44.9. The number of hydrogen-bond donors (Lipinski definition) is 0. The SMILES string of the molecule is CCCCc1cc2c(-c3ccccc3)ccc(-c3ccccc3)c2[cH-]1.CCCCc1cc2c(-c3ccccc3)ccc(-c3ccccc3)c2[cH-]1.C[Si](C)=[Zr+2].[Cl-].[Cl-]. The molecule has 0 heterocycles. The fourth-order valence-electron chi connectivity index (χ4n) is 7.25. The Kier molecular flexibility index (Phi) is 18.3. The summed E-state index contributed by atoms with van der Waals surface area (Å²) in [5.41, 5.74) is 13.6. The second-order valence-corrected chi connectivity index (χ2v) is 23.7. The molecule has 8 aromatic rings. The van der Waals surface area contributed by atoms with Crippen LogP contribution in [0.15, 0.2) is 170 Å². The molecule has 0 saturated carbocycles. The van der Waals surface area contributed by atoms with E-state index < -0.39 is 0 Å². The number of rotatable bonds is 10. The average molecular weight is 867 g/mol. The van der Waals surface area contributed by atoms with Gasteiger partial charge in [0.05, 0.1) is 0 Å². The van der Waals surface area contributed by atoms with Gasteiger partial charge in [0.25, 0.3) is 0 Å². The molecule has 8 rings (SSSR count). The minimum absolute atomic E-state index is 0. The first-order valence-corrected chi connectivity index (χ1v) is 25.8. The van der Waals surface area contributed by atoms with E-state index in [1.807, 2.05) is 0 Å². The van der Waals surface area contributed by atoms with Crippen LogP contribution >= 0.6 is 0 Å². The van der Waals surface area contributed by atoms with E-state index in [1.165, 1.54) is 103 Å². The molecule has 0 aliphatic carbocycles. The van der Waals surface area contributed by atoms with E-state index in [2.05, 4.69) is 197 Å². The van der Waals surface area contributed by atoms with Gasteiger partial charge in [0, 0.05) is 0 Å². The molecular formula is C52H52Cl2SiZr-2. The smallest absolute Gasteiger partial charge is 1.00 e. The van der Waals surface area contributed by atoms with Gasteiger partial charge >= 0.3 is 41.9 Å². The van der Waals surface area contributed by atoms with Crippen molar-refractivity contribution in [3.05, 3.63) is 181 Å². The van der Waals surface area contributed by atoms with Crippen molar-refractivity contribution < 1.29 is 48.1 Å². The zero-order chi connectivity index (χ0) is 37.7. The number of fused-ring (bicyclic) bond motifs is 2. The van der Waals surface area contributed by atoms with Crippen LogP contribution < -0.4 is 24.8 Å². The number of benzene rings is 6. The number of halogens is 2. The summed E-state index contributed by atoms with van der Waals surface area (Å²) in [5, 5.41) is 5.50. The van der Waals surface area contributed by atoms with Crippen LogP contribution in [0.2, 0.25) is 13.1 Å². The quantitative estimate of drug-likeness (QED) is 0.0951. The molecule has 0 unspecified atom stereocenters. The molecule has 0 aliphatic rings. The molecule has 0 aromatic heterocycles. The van der Waals surface area contributed by atoms with Crippen LogP contribution in [0.1, 0.15) is 50.7 Å². The number of unbranched alkanes of at least 4 members (excludes halogenated alkanes) is 2. The van der Waals surface area contributed by atoms with Crippen molar-refractivity contribution in [1.82, 2.24) is 0 Å². The molecule has 0 amide bonds. The topological polar surface area (TPSA) is 0 Å². The van der Waals surface area contributed by atoms with Crippen LogP contribution in [0.25, 0.3) is 66.1 Å². The summed E-state index contributed by atoms with van der Waals surface area (Å²) in [4.78, 5) is 0. The Morgan fingerprint density at radius 1 is 0.429 bits per heavy atom. The Labute approximate surface area is 363 Å². The maximum Gasteiger partial charge on any atom is -1.00 e. The van der Waals surface area contributed by atoms with Crippen LogP contribution in [0.3, 0.4) is 0 Å². The molecule has 0 N–H and O–H groups in total. The van der Waals surface area contributed by atoms with Crippen LogP contribution in [-0.2, 0) is 36.2 Å². The Hall–Kier alpha value is -3.78. The van der Waals surface area contributed by atoms with Gasteiger partial charge in [-0.05, 0) is 24.0 Å². The molecular weight excluding hydrogens is 815 g/mol. The predicted octanol–water partition coefficient (Wildman–Crippen LogP) is 9.26. The van der Waals surface area contributed by atoms with E-state index >= 15 is 0 Å². The summed E-state index contributed by atoms with van der Waals surface area (Å²) < 4.78 is 0. The third-order valence-electron chi connectivity index (χ3n) is 9.87. The van der Waals surface area contributed by atoms with Crippen LogP contribution in [0.4, 0.5) is 0 Å². The first-order chi connectivity index (χ1) is 26.5. The predicted molar refractivity (Wildman–Crippen MR) is 236 cm³/mol. The summed E-state index contributed by atoms with van der Waals surface area (Å²) in [5.74, 6) is 0. The van der Waals surface area contributed by atoms with Crippen molar-refractivity contribution in [2.24, 2.45) is 0 Å². The molecule has 0 radical (unpaired) electrons. The largest absolute Gasteiger partial charge is 1.00 e. The fourth-order valence-corrected chi connectivity index (χ4v) is 7.25. The van der Waals surface area contributed by atoms with Crippen molar-refractivity contribution in [3.8, 4) is 44.5 Å². The molecule has 0 saturated heterocycles. The molecule has 0 spiro atoms. The van der Waals surface area contributed by atoms with Crippen molar-refractivity contribution >= 4 is 27.0 Å². The van der Waals surface area contributed by atoms with Gasteiger partial charge < -0.3 is 24.8 Å². The first-order valence-electron chi connectivity index (χ1n) is 19.6. The van der Waals surface area contributed by atoms with Gasteiger partial charge in [-0.1, -0.05) is 219 Å². The minimum Gasteiger partial charge on any atom is -1.00 e. The van der Waals surface area contributed by atoms with Gasteiger partial charge in [0.15, 0.2) is 0 Å². The minimum atomic E-state index is 0. The van der Waals surface area contributed by atoms with E-state index in [9.17, 15) is 0 Å². The van der Waals surface area contributed by atoms with Crippen molar-refractivity contribution in [3.63, 3.8) is 0 Å². The van der Waals surface area contributed by atoms with Gasteiger partial charge in [-0.2, -0.15) is 12.1 Å². The molecule has 0 aliphatic heterocycles. The van der Waals surface area contributed by atoms with E-state index in [1.54, 1.807) is 23.3 Å². The van der Waals surface area contributed by atoms with E-state index in [4.69, 9.17) is 0 Å². The van der Waals surface area contributed by atoms with Gasteiger partial charge in [-0.3, -0.25) is 0 Å². The van der Waals surface area contributed by atoms with Gasteiger partial charge in [0.1, 0.15) is 0 Å². The van der Waals surface area contributed by atoms with Crippen LogP contribution in [0.5, 0.6) is 0 Å². The Morgan fingerprint density at radius 2 is 0.696 bits per heavy atom. The summed E-state index contributed by atoms with van der Waals surface area (Å²) >= 11 is 1.74. The second-order valence-electron chi connectivity index (χ2n) is 14.4. The average Bonchev–Trinajstić information content (AvgIpc) is 3.85. The van der Waals surface area contributed by atoms with Gasteiger partial charge in [-0.15, -0.1) is 44.8 Å². The fraction of sp³-hybridized carbons (Fsp3) is 0.192. The van der Waals surface area contributed by atoms with Crippen molar-refractivity contribution in [2.45, 2.75) is 65.5 Å². The summed E-state index contributed by atoms with van der Waals surface area (Å²) in [7, 11) is 0. The maximum atomic E-state index is 2.40. The van der Waals surface area contributed by atoms with Crippen LogP contribution in [0, 0.1) is 0 Å². The number of aryl methyl sites for hydroxylation is 2. The molecule has 0 bridgehead atoms. The van der Waals surface area contributed by atoms with Crippen LogP contribution in [-0.4, -0.2) is 5.43 Å². The molecule has 56 heavy (non-hydrogen) atoms. The third kappa shape index (κ3) is 11.6. The summed E-state index contributed by atoms with van der Waals surface area (Å²) in [6.07, 6.45) is 7.29. The summed E-state index contributed by atoms with van der Waals surface area (Å²) in [6.45, 7) is 9.13. The molecule has 0 atom stereocenters. The molecule has 0 fully saturated rings. The van der Waals surface area contributed by atoms with Gasteiger partial charge in [-0.25, -0.2) is 0 Å². The Balaban J connectivity index is 0.000000220. The van der Waals surface area contributed by atoms with Crippen molar-refractivity contribution in [2.75, 3.05) is 0 Å². The van der Waals surface area contributed by atoms with Gasteiger partial charge in [0.2, 0.25) is 0 Å². The zero-order valence-corrected chi connectivity index (χ0v) is 38.1. The Bertz CT molecular complexity index is 2050. The monoisotopic (exact) mass is 864 g/mol. The molecule has 284 valence electrons. The van der Waals surface area contributed by atoms with E-state index in [0.29, 0.717) is 0 Å². The molecule has 8 aromatic carbocycles. The normalized spacial score (nSPS) is 10.4. The van der Waals surface area contributed by atoms with E-state index in [-0.39, 0.29) is 30.2 Å². The molecule has 4 heteroatoms. The Morgan fingerprint density at radius 3 is 0.982 bits per heavy atom. The maximum absolute atomic E-state index is 2.40. The summed E-state index contributed by atoms with van der Waals surface area (Å²) in [6, 6.07) is 61.6. The zero-order valence-electron chi connectivity index (χ0n) is 33.2. The second kappa shape index (κ2) is 22.8. The molecule has 0 nitrogen and oxygen atoms in total. The standard InChI is InChI=1S/2C25H23.C2H6Si.2ClH.Zr/c2*1-2-3-10-19-17-24-22(20-11-6-4-7-12-20)15-16-23(25(24)18-19)21-13-8-5-9-14-21;1-3-2;;;/h2*4-9,11-18H,2-3,10H2,1H3;1-2H3;2*1H;/q2*-1;;;;+2/p-2. The van der Waals surface area contributed by atoms with Crippen molar-refractivity contribution in [1.29, 1.82) is 0 Å². The third-order valence-corrected chi connectivity index (χ3v) is 9.87.